The summed E-state index contributed by atoms with van der Waals surface area (Å²) in [5.41, 5.74) is -0.221. The Morgan fingerprint density at radius 1 is 1.14 bits per heavy atom. The molecule has 0 aliphatic heterocycles. The highest BCUT2D eigenvalue weighted by Crippen LogP contribution is 2.33. The Morgan fingerprint density at radius 2 is 1.88 bits per heavy atom. The molecule has 1 N–H and O–H groups in total. The summed E-state index contributed by atoms with van der Waals surface area (Å²) < 4.78 is 55.4. The number of nitrogens with zero attached hydrogens (tertiary/aromatic N) is 3. The zero-order chi connectivity index (χ0) is 29.6. The van der Waals surface area contributed by atoms with Gasteiger partial charge in [-0.2, -0.15) is 22.7 Å². The molecule has 0 aliphatic carbocycles. The number of aliphatic hydroxyl groups excluding tert-OH is 1. The summed E-state index contributed by atoms with van der Waals surface area (Å²) in [4.78, 5) is 30.2. The molecule has 4 aromatic rings. The van der Waals surface area contributed by atoms with Crippen LogP contribution in [0.15, 0.2) is 72.0 Å². The van der Waals surface area contributed by atoms with Crippen molar-refractivity contribution in [1.82, 2.24) is 4.57 Å². The first kappa shape index (κ1) is 32.8. The van der Waals surface area contributed by atoms with E-state index in [9.17, 15) is 27.9 Å². The van der Waals surface area contributed by atoms with Gasteiger partial charge in [0.15, 0.2) is 17.2 Å². The maximum atomic E-state index is 13.4. The van der Waals surface area contributed by atoms with E-state index in [1.807, 2.05) is 11.5 Å². The highest BCUT2D eigenvalue weighted by atomic mass is 35.5. The number of fused-ring (bicyclic) bond motifs is 1. The number of unbranched alkanes of at least 4 members (excludes halogenated alkanes) is 1. The molecular weight excluding hydrogens is 595 g/mol. The summed E-state index contributed by atoms with van der Waals surface area (Å²) >= 11 is 1.21. The van der Waals surface area contributed by atoms with Crippen molar-refractivity contribution in [2.45, 2.75) is 52.2 Å². The zero-order valence-corrected chi connectivity index (χ0v) is 24.4. The van der Waals surface area contributed by atoms with E-state index in [-0.39, 0.29) is 37.1 Å². The number of aryl methyl sites for hydroxylation is 1. The van der Waals surface area contributed by atoms with Crippen molar-refractivity contribution < 1.29 is 54.3 Å². The summed E-state index contributed by atoms with van der Waals surface area (Å²) in [6.07, 6.45) is -0.461. The Labute approximate surface area is 250 Å². The minimum atomic E-state index is -4.67. The fourth-order valence-corrected chi connectivity index (χ4v) is 4.92. The van der Waals surface area contributed by atoms with Gasteiger partial charge in [0.1, 0.15) is 17.9 Å². The lowest BCUT2D eigenvalue weighted by Gasteiger charge is -2.13. The largest absolute Gasteiger partial charge is 1.00 e. The Bertz CT molecular complexity index is 1600. The zero-order valence-electron chi connectivity index (χ0n) is 22.8. The lowest BCUT2D eigenvalue weighted by atomic mass is 10.1. The second-order valence-corrected chi connectivity index (χ2v) is 10.3. The molecule has 0 saturated carbocycles. The monoisotopic (exact) mass is 623 g/mol. The number of halogens is 4. The minimum Gasteiger partial charge on any atom is -1.00 e. The van der Waals surface area contributed by atoms with Crippen molar-refractivity contribution in [3.05, 3.63) is 88.5 Å². The molecule has 2 aromatic carbocycles. The number of carbonyl (C=O) groups is 2. The molecule has 1 amide bonds. The third kappa shape index (κ3) is 8.17. The summed E-state index contributed by atoms with van der Waals surface area (Å²) in [5.74, 6) is -1.48. The van der Waals surface area contributed by atoms with Crippen molar-refractivity contribution in [1.29, 1.82) is 0 Å². The van der Waals surface area contributed by atoms with Crippen LogP contribution in [0.1, 0.15) is 53.0 Å². The smallest absolute Gasteiger partial charge is 0.416 e. The van der Waals surface area contributed by atoms with Crippen LogP contribution in [0.2, 0.25) is 0 Å². The number of carbonyl (C=O) groups excluding carboxylic acids is 2. The first-order valence-corrected chi connectivity index (χ1v) is 13.7. The molecule has 224 valence electrons. The van der Waals surface area contributed by atoms with Crippen molar-refractivity contribution >= 4 is 33.4 Å². The molecule has 4 rings (SSSR count). The fraction of sp³-hybridized carbons (Fsp3) is 0.310. The predicted octanol–water partition coefficient (Wildman–Crippen LogP) is 2.13. The van der Waals surface area contributed by atoms with E-state index in [2.05, 4.69) is 4.99 Å². The van der Waals surface area contributed by atoms with Crippen LogP contribution in [0.25, 0.3) is 10.2 Å². The topological polar surface area (TPSA) is 94.0 Å². The number of hydrogen-bond acceptors (Lipinski definition) is 6. The van der Waals surface area contributed by atoms with Crippen molar-refractivity contribution in [3.8, 4) is 5.75 Å². The van der Waals surface area contributed by atoms with E-state index in [1.165, 1.54) is 18.3 Å². The predicted molar refractivity (Wildman–Crippen MR) is 145 cm³/mol. The number of alkyl halides is 3. The number of amides is 1. The van der Waals surface area contributed by atoms with E-state index < -0.39 is 29.7 Å². The second-order valence-electron chi connectivity index (χ2n) is 9.31. The highest BCUT2D eigenvalue weighted by molar-refractivity contribution is 7.16. The molecule has 8 nitrogen and oxygen atoms in total. The van der Waals surface area contributed by atoms with Crippen molar-refractivity contribution in [2.75, 3.05) is 6.61 Å². The van der Waals surface area contributed by atoms with Crippen molar-refractivity contribution in [2.24, 2.45) is 4.99 Å². The first-order valence-electron chi connectivity index (χ1n) is 12.9. The standard InChI is InChI=1S/C29H29F3N3O5S.ClH/c1-3-4-13-35-23-16-34(18-40-27(38)20-8-6-5-7-9-20)14-12-25(23)41-28(35)33-26(37)22-15-21(29(30,31)32)10-11-24(22)39-17-19(2)36;/h5-12,14-16,19,36H,3-4,13,17-18H2,1-2H3;1H/q+1;/p-1/t19-;/m0./s1. The lowest BCUT2D eigenvalue weighted by molar-refractivity contribution is -0.726. The van der Waals surface area contributed by atoms with Gasteiger partial charge in [-0.1, -0.05) is 42.9 Å². The molecule has 1 atom stereocenters. The Kier molecular flexibility index (Phi) is 11.3. The van der Waals surface area contributed by atoms with Gasteiger partial charge in [0.25, 0.3) is 12.6 Å². The molecule has 42 heavy (non-hydrogen) atoms. The number of rotatable bonds is 10. The van der Waals surface area contributed by atoms with Gasteiger partial charge >= 0.3 is 12.1 Å². The Balaban J connectivity index is 0.00000484. The van der Waals surface area contributed by atoms with Crippen LogP contribution in [0.4, 0.5) is 13.2 Å². The van der Waals surface area contributed by atoms with Gasteiger partial charge in [-0.25, -0.2) is 4.79 Å². The van der Waals surface area contributed by atoms with Crippen LogP contribution >= 0.6 is 11.3 Å². The van der Waals surface area contributed by atoms with E-state index in [0.29, 0.717) is 23.0 Å². The van der Waals surface area contributed by atoms with E-state index in [1.54, 1.807) is 53.4 Å². The highest BCUT2D eigenvalue weighted by Gasteiger charge is 2.32. The second kappa shape index (κ2) is 14.4. The Hall–Kier alpha value is -3.74. The average molecular weight is 624 g/mol. The number of hydrogen-bond donors (Lipinski definition) is 1. The number of aromatic nitrogens is 2. The number of aliphatic hydroxyl groups is 1. The van der Waals surface area contributed by atoms with Gasteiger partial charge in [0.05, 0.1) is 27.5 Å². The van der Waals surface area contributed by atoms with Gasteiger partial charge in [-0.05, 0) is 43.7 Å². The lowest BCUT2D eigenvalue weighted by Crippen LogP contribution is -3.00. The molecule has 0 fully saturated rings. The van der Waals surface area contributed by atoms with Crippen LogP contribution in [0, 0.1) is 0 Å². The SMILES string of the molecule is CCCCn1c(=NC(=O)c2cc(C(F)(F)F)ccc2OC[C@H](C)O)sc2cc[n+](COC(=O)c3ccccc3)cc21.[Cl-]. The quantitative estimate of drug-likeness (QED) is 0.216. The molecule has 0 bridgehead atoms. The van der Waals surface area contributed by atoms with Gasteiger partial charge in [-0.15, -0.1) is 0 Å². The Morgan fingerprint density at radius 3 is 2.55 bits per heavy atom. The van der Waals surface area contributed by atoms with Crippen molar-refractivity contribution in [3.63, 3.8) is 0 Å². The van der Waals surface area contributed by atoms with Crippen LogP contribution < -0.4 is 26.5 Å². The molecular formula is C29H29ClF3N3O5S. The average Bonchev–Trinajstić information content (AvgIpc) is 3.29. The fourth-order valence-electron chi connectivity index (χ4n) is 3.90. The molecule has 2 aromatic heterocycles. The van der Waals surface area contributed by atoms with Gasteiger partial charge in [0, 0.05) is 12.6 Å². The number of ether oxygens (including phenoxy) is 2. The molecule has 0 spiro atoms. The normalized spacial score (nSPS) is 12.6. The number of pyridine rings is 1. The molecule has 0 aliphatic rings. The third-order valence-corrected chi connectivity index (χ3v) is 7.04. The number of esters is 1. The first-order chi connectivity index (χ1) is 19.6. The molecule has 0 radical (unpaired) electrons. The summed E-state index contributed by atoms with van der Waals surface area (Å²) in [5, 5.41) is 9.57. The number of thiazole rings is 1. The molecule has 0 saturated heterocycles. The minimum absolute atomic E-state index is 0. The van der Waals surface area contributed by atoms with Crippen LogP contribution in [0.3, 0.4) is 0 Å². The molecule has 2 heterocycles. The summed E-state index contributed by atoms with van der Waals surface area (Å²) in [7, 11) is 0. The van der Waals surface area contributed by atoms with E-state index in [0.717, 1.165) is 35.2 Å². The van der Waals surface area contributed by atoms with Crippen LogP contribution in [-0.4, -0.2) is 34.3 Å². The summed E-state index contributed by atoms with van der Waals surface area (Å²) in [6.45, 7) is 3.71. The van der Waals surface area contributed by atoms with E-state index >= 15 is 0 Å². The van der Waals surface area contributed by atoms with Gasteiger partial charge in [-0.3, -0.25) is 4.79 Å². The molecule has 13 heteroatoms. The van der Waals surface area contributed by atoms with Crippen LogP contribution in [0.5, 0.6) is 5.75 Å². The maximum Gasteiger partial charge on any atom is 0.416 e. The van der Waals surface area contributed by atoms with Gasteiger partial charge in [0.2, 0.25) is 0 Å². The molecule has 0 unspecified atom stereocenters. The van der Waals surface area contributed by atoms with Gasteiger partial charge < -0.3 is 31.6 Å². The summed E-state index contributed by atoms with van der Waals surface area (Å²) in [6, 6.07) is 13.0. The van der Waals surface area contributed by atoms with Crippen LogP contribution in [-0.2, 0) is 24.2 Å². The maximum absolute atomic E-state index is 13.4. The third-order valence-electron chi connectivity index (χ3n) is 5.98. The number of benzene rings is 2. The van der Waals surface area contributed by atoms with E-state index in [4.69, 9.17) is 9.47 Å².